The number of hydrogen-bond donors (Lipinski definition) is 0. The van der Waals surface area contributed by atoms with Crippen molar-refractivity contribution in [1.29, 1.82) is 5.26 Å². The normalized spacial score (nSPS) is 11.8. The molecule has 1 atom stereocenters. The number of benzene rings is 2. The summed E-state index contributed by atoms with van der Waals surface area (Å²) in [6.45, 7) is 1.99. The Balaban J connectivity index is 2.26. The molecule has 0 N–H and O–H groups in total. The van der Waals surface area contributed by atoms with Gasteiger partial charge in [-0.25, -0.2) is 4.39 Å². The van der Waals surface area contributed by atoms with Gasteiger partial charge in [0.1, 0.15) is 5.82 Å². The van der Waals surface area contributed by atoms with Gasteiger partial charge in [0.25, 0.3) is 0 Å². The van der Waals surface area contributed by atoms with Gasteiger partial charge in [-0.1, -0.05) is 36.4 Å². The highest BCUT2D eigenvalue weighted by Crippen LogP contribution is 2.23. The third-order valence-electron chi connectivity index (χ3n) is 3.05. The maximum Gasteiger partial charge on any atom is 0.123 e. The average molecular weight is 239 g/mol. The van der Waals surface area contributed by atoms with Crippen LogP contribution in [-0.4, -0.2) is 0 Å². The number of aryl methyl sites for hydroxylation is 1. The van der Waals surface area contributed by atoms with Gasteiger partial charge in [0.2, 0.25) is 0 Å². The van der Waals surface area contributed by atoms with Gasteiger partial charge in [0.05, 0.1) is 12.0 Å². The number of rotatable bonds is 3. The largest absolute Gasteiger partial charge is 0.207 e. The van der Waals surface area contributed by atoms with Crippen molar-refractivity contribution in [2.24, 2.45) is 0 Å². The zero-order valence-electron chi connectivity index (χ0n) is 10.2. The molecule has 18 heavy (non-hydrogen) atoms. The zero-order valence-corrected chi connectivity index (χ0v) is 10.2. The Kier molecular flexibility index (Phi) is 3.74. The summed E-state index contributed by atoms with van der Waals surface area (Å²) in [6, 6.07) is 16.6. The van der Waals surface area contributed by atoms with Gasteiger partial charge in [0.15, 0.2) is 0 Å². The first-order chi connectivity index (χ1) is 8.70. The van der Waals surface area contributed by atoms with Gasteiger partial charge in [-0.3, -0.25) is 0 Å². The molecule has 0 amide bonds. The Morgan fingerprint density at radius 3 is 2.61 bits per heavy atom. The van der Waals surface area contributed by atoms with Crippen molar-refractivity contribution in [1.82, 2.24) is 0 Å². The van der Waals surface area contributed by atoms with Crippen LogP contribution in [0.1, 0.15) is 22.6 Å². The summed E-state index contributed by atoms with van der Waals surface area (Å²) in [7, 11) is 0. The number of nitriles is 1. The molecule has 0 aromatic heterocycles. The lowest BCUT2D eigenvalue weighted by molar-refractivity contribution is 0.624. The molecule has 0 aliphatic heterocycles. The smallest absolute Gasteiger partial charge is 0.123 e. The first-order valence-corrected chi connectivity index (χ1v) is 5.90. The minimum Gasteiger partial charge on any atom is -0.207 e. The van der Waals surface area contributed by atoms with Crippen LogP contribution in [0.4, 0.5) is 4.39 Å². The molecule has 2 aromatic carbocycles. The molecular formula is C16H14FN. The van der Waals surface area contributed by atoms with Crippen LogP contribution in [0.15, 0.2) is 48.5 Å². The molecule has 2 aromatic rings. The second-order valence-corrected chi connectivity index (χ2v) is 4.37. The van der Waals surface area contributed by atoms with Crippen molar-refractivity contribution < 1.29 is 4.39 Å². The first kappa shape index (κ1) is 12.3. The fraction of sp³-hybridized carbons (Fsp3) is 0.188. The second kappa shape index (κ2) is 5.46. The minimum absolute atomic E-state index is 0.229. The molecule has 0 bridgehead atoms. The summed E-state index contributed by atoms with van der Waals surface area (Å²) in [5, 5.41) is 9.29. The fourth-order valence-electron chi connectivity index (χ4n) is 2.10. The molecule has 0 aliphatic carbocycles. The number of nitrogens with zero attached hydrogens (tertiary/aromatic N) is 1. The van der Waals surface area contributed by atoms with Crippen molar-refractivity contribution >= 4 is 0 Å². The molecule has 90 valence electrons. The third-order valence-corrected chi connectivity index (χ3v) is 3.05. The van der Waals surface area contributed by atoms with Gasteiger partial charge >= 0.3 is 0 Å². The molecule has 0 saturated heterocycles. The molecule has 0 radical (unpaired) electrons. The van der Waals surface area contributed by atoms with Crippen molar-refractivity contribution in [2.45, 2.75) is 19.3 Å². The quantitative estimate of drug-likeness (QED) is 0.794. The Bertz CT molecular complexity index is 584. The maximum atomic E-state index is 13.1. The summed E-state index contributed by atoms with van der Waals surface area (Å²) in [6.07, 6.45) is 0.541. The highest BCUT2D eigenvalue weighted by Gasteiger charge is 2.13. The topological polar surface area (TPSA) is 23.8 Å². The lowest BCUT2D eigenvalue weighted by Gasteiger charge is -2.12. The molecule has 1 nitrogen and oxygen atoms in total. The lowest BCUT2D eigenvalue weighted by atomic mass is 9.90. The van der Waals surface area contributed by atoms with Crippen LogP contribution in [-0.2, 0) is 6.42 Å². The molecule has 2 rings (SSSR count). The van der Waals surface area contributed by atoms with Crippen molar-refractivity contribution in [3.05, 3.63) is 71.0 Å². The molecule has 0 fully saturated rings. The average Bonchev–Trinajstić information content (AvgIpc) is 2.37. The van der Waals surface area contributed by atoms with Gasteiger partial charge < -0.3 is 0 Å². The van der Waals surface area contributed by atoms with E-state index in [1.165, 1.54) is 12.1 Å². The zero-order chi connectivity index (χ0) is 13.0. The lowest BCUT2D eigenvalue weighted by Crippen LogP contribution is -2.02. The van der Waals surface area contributed by atoms with E-state index in [1.54, 1.807) is 6.07 Å². The predicted octanol–water partition coefficient (Wildman–Crippen LogP) is 3.98. The van der Waals surface area contributed by atoms with Crippen LogP contribution in [0, 0.1) is 24.1 Å². The second-order valence-electron chi connectivity index (χ2n) is 4.37. The van der Waals surface area contributed by atoms with E-state index in [4.69, 9.17) is 0 Å². The Hall–Kier alpha value is -2.14. The van der Waals surface area contributed by atoms with E-state index < -0.39 is 0 Å². The van der Waals surface area contributed by atoms with E-state index in [1.807, 2.05) is 37.3 Å². The fourth-order valence-corrected chi connectivity index (χ4v) is 2.10. The highest BCUT2D eigenvalue weighted by atomic mass is 19.1. The van der Waals surface area contributed by atoms with Crippen molar-refractivity contribution in [3.63, 3.8) is 0 Å². The van der Waals surface area contributed by atoms with Gasteiger partial charge in [-0.05, 0) is 42.2 Å². The van der Waals surface area contributed by atoms with E-state index in [-0.39, 0.29) is 11.7 Å². The van der Waals surface area contributed by atoms with Crippen LogP contribution >= 0.6 is 0 Å². The number of hydrogen-bond acceptors (Lipinski definition) is 1. The molecule has 2 heteroatoms. The van der Waals surface area contributed by atoms with Crippen molar-refractivity contribution in [3.8, 4) is 6.07 Å². The van der Waals surface area contributed by atoms with Gasteiger partial charge in [-0.2, -0.15) is 5.26 Å². The molecule has 0 aliphatic rings. The van der Waals surface area contributed by atoms with Crippen LogP contribution in [0.2, 0.25) is 0 Å². The van der Waals surface area contributed by atoms with Crippen LogP contribution in [0.3, 0.4) is 0 Å². The molecule has 0 heterocycles. The Morgan fingerprint density at radius 2 is 1.94 bits per heavy atom. The summed E-state index contributed by atoms with van der Waals surface area (Å²) >= 11 is 0. The van der Waals surface area contributed by atoms with Crippen LogP contribution < -0.4 is 0 Å². The standard InChI is InChI=1S/C16H14FN/c1-12-5-2-3-8-16(12)14(11-18)9-13-6-4-7-15(17)10-13/h2-8,10,14H,9H2,1H3. The maximum absolute atomic E-state index is 13.1. The summed E-state index contributed by atoms with van der Waals surface area (Å²) in [5.74, 6) is -0.484. The molecule has 1 unspecified atom stereocenters. The first-order valence-electron chi connectivity index (χ1n) is 5.90. The van der Waals surface area contributed by atoms with E-state index in [2.05, 4.69) is 6.07 Å². The summed E-state index contributed by atoms with van der Waals surface area (Å²) in [5.41, 5.74) is 2.97. The third kappa shape index (κ3) is 2.75. The van der Waals surface area contributed by atoms with Crippen molar-refractivity contribution in [2.75, 3.05) is 0 Å². The van der Waals surface area contributed by atoms with E-state index in [0.717, 1.165) is 16.7 Å². The minimum atomic E-state index is -0.256. The number of halogens is 1. The molecule has 0 saturated carbocycles. The molecular weight excluding hydrogens is 225 g/mol. The van der Waals surface area contributed by atoms with Gasteiger partial charge in [0, 0.05) is 0 Å². The van der Waals surface area contributed by atoms with E-state index in [9.17, 15) is 9.65 Å². The Labute approximate surface area is 107 Å². The van der Waals surface area contributed by atoms with E-state index in [0.29, 0.717) is 6.42 Å². The van der Waals surface area contributed by atoms with Crippen LogP contribution in [0.5, 0.6) is 0 Å². The van der Waals surface area contributed by atoms with Gasteiger partial charge in [-0.15, -0.1) is 0 Å². The monoisotopic (exact) mass is 239 g/mol. The van der Waals surface area contributed by atoms with E-state index >= 15 is 0 Å². The Morgan fingerprint density at radius 1 is 1.17 bits per heavy atom. The SMILES string of the molecule is Cc1ccccc1C(C#N)Cc1cccc(F)c1. The summed E-state index contributed by atoms with van der Waals surface area (Å²) < 4.78 is 13.1. The predicted molar refractivity (Wildman–Crippen MR) is 69.6 cm³/mol. The highest BCUT2D eigenvalue weighted by molar-refractivity contribution is 5.34. The summed E-state index contributed by atoms with van der Waals surface area (Å²) in [4.78, 5) is 0. The van der Waals surface area contributed by atoms with Crippen LogP contribution in [0.25, 0.3) is 0 Å². The molecule has 0 spiro atoms.